The van der Waals surface area contributed by atoms with Gasteiger partial charge in [-0.25, -0.2) is 0 Å². The van der Waals surface area contributed by atoms with Crippen LogP contribution in [0.1, 0.15) is 44.5 Å². The molecule has 3 heteroatoms. The Hall–Kier alpha value is -9.70. The van der Waals surface area contributed by atoms with E-state index in [1.807, 2.05) is 0 Å². The number of hydrogen-bond acceptors (Lipinski definition) is 3. The van der Waals surface area contributed by atoms with Crippen LogP contribution in [-0.2, 0) is 0 Å². The van der Waals surface area contributed by atoms with E-state index in [9.17, 15) is 0 Å². The van der Waals surface area contributed by atoms with Crippen LogP contribution >= 0.6 is 0 Å². The molecule has 77 heavy (non-hydrogen) atoms. The van der Waals surface area contributed by atoms with Crippen molar-refractivity contribution in [2.75, 3.05) is 14.7 Å². The SMILES string of the molecule is Cc1ccc(N(c2ccc(C)cc2)c2ccc3c(c2)c2ccc(N(c4ccc(C)cc4)c4ccc(C=Cc5ccccc5)cc4)cc2c2ccc(N(c4ccc(C)cc4)c4ccc(C=Cc5ccccc5)cc4)cc32)cc1. The van der Waals surface area contributed by atoms with E-state index < -0.39 is 0 Å². The lowest BCUT2D eigenvalue weighted by molar-refractivity contribution is 1.27. The summed E-state index contributed by atoms with van der Waals surface area (Å²) in [6.07, 6.45) is 8.71. The third-order valence-corrected chi connectivity index (χ3v) is 14.7. The molecule has 0 unspecified atom stereocenters. The zero-order valence-corrected chi connectivity index (χ0v) is 44.0. The Morgan fingerprint density at radius 2 is 0.403 bits per heavy atom. The zero-order valence-electron chi connectivity index (χ0n) is 44.0. The first-order valence-electron chi connectivity index (χ1n) is 26.5. The van der Waals surface area contributed by atoms with Gasteiger partial charge in [0.1, 0.15) is 0 Å². The largest absolute Gasteiger partial charge is 0.310 e. The van der Waals surface area contributed by atoms with E-state index in [2.05, 4.69) is 328 Å². The van der Waals surface area contributed by atoms with Crippen LogP contribution in [-0.4, -0.2) is 0 Å². The van der Waals surface area contributed by atoms with E-state index in [0.29, 0.717) is 0 Å². The highest BCUT2D eigenvalue weighted by molar-refractivity contribution is 6.27. The molecule has 0 bridgehead atoms. The third-order valence-electron chi connectivity index (χ3n) is 14.7. The number of aryl methyl sites for hydroxylation is 4. The van der Waals surface area contributed by atoms with E-state index in [1.165, 1.54) is 65.7 Å². The normalized spacial score (nSPS) is 11.5. The summed E-state index contributed by atoms with van der Waals surface area (Å²) in [5, 5.41) is 7.13. The summed E-state index contributed by atoms with van der Waals surface area (Å²) in [5.41, 5.74) is 19.4. The molecule has 0 N–H and O–H groups in total. The maximum atomic E-state index is 2.41. The molecule has 12 aromatic rings. The average Bonchev–Trinajstić information content (AvgIpc) is 3.53. The molecule has 0 radical (unpaired) electrons. The lowest BCUT2D eigenvalue weighted by atomic mass is 9.92. The molecule has 0 aliphatic rings. The van der Waals surface area contributed by atoms with Crippen molar-refractivity contribution in [2.45, 2.75) is 27.7 Å². The van der Waals surface area contributed by atoms with Crippen molar-refractivity contribution in [3.05, 3.63) is 305 Å². The smallest absolute Gasteiger partial charge is 0.0468 e. The summed E-state index contributed by atoms with van der Waals surface area (Å²) in [7, 11) is 0. The van der Waals surface area contributed by atoms with Gasteiger partial charge in [-0.15, -0.1) is 0 Å². The van der Waals surface area contributed by atoms with Crippen molar-refractivity contribution in [3.63, 3.8) is 0 Å². The minimum atomic E-state index is 1.08. The van der Waals surface area contributed by atoms with Gasteiger partial charge in [0.15, 0.2) is 0 Å². The second kappa shape index (κ2) is 21.3. The minimum Gasteiger partial charge on any atom is -0.310 e. The van der Waals surface area contributed by atoms with Gasteiger partial charge in [0.05, 0.1) is 0 Å². The fourth-order valence-electron chi connectivity index (χ4n) is 10.5. The molecule has 0 heterocycles. The van der Waals surface area contributed by atoms with Crippen molar-refractivity contribution < 1.29 is 0 Å². The Bertz CT molecular complexity index is 3840. The second-order valence-corrected chi connectivity index (χ2v) is 20.2. The van der Waals surface area contributed by atoms with Crippen LogP contribution in [0.3, 0.4) is 0 Å². The van der Waals surface area contributed by atoms with E-state index in [0.717, 1.165) is 62.3 Å². The van der Waals surface area contributed by atoms with Crippen molar-refractivity contribution in [1.82, 2.24) is 0 Å². The van der Waals surface area contributed by atoms with Crippen LogP contribution in [0.25, 0.3) is 56.6 Å². The van der Waals surface area contributed by atoms with Gasteiger partial charge in [0.25, 0.3) is 0 Å². The molecular formula is C74H59N3. The standard InChI is InChI=1S/C74H59N3/c1-52-15-31-60(32-16-52)75(61-33-17-53(2)18-34-61)66-43-46-69-72(49-66)70-47-44-67(76(62-35-19-54(3)20-36-62)64-39-27-58(28-40-64)25-23-56-11-7-5-8-12-56)51-74(70)71-48-45-68(50-73(69)71)77(63-37-21-55(4)22-38-63)65-41-29-59(30-42-65)26-24-57-13-9-6-10-14-57/h5-51H,1-4H3. The molecule has 0 aromatic heterocycles. The molecule has 0 fully saturated rings. The summed E-state index contributed by atoms with van der Waals surface area (Å²) < 4.78 is 0. The Morgan fingerprint density at radius 1 is 0.195 bits per heavy atom. The molecular weight excluding hydrogens is 931 g/mol. The first-order chi connectivity index (χ1) is 37.8. The van der Waals surface area contributed by atoms with Gasteiger partial charge in [0.2, 0.25) is 0 Å². The zero-order chi connectivity index (χ0) is 52.2. The predicted octanol–water partition coefficient (Wildman–Crippen LogP) is 21.1. The van der Waals surface area contributed by atoms with E-state index in [4.69, 9.17) is 0 Å². The van der Waals surface area contributed by atoms with Crippen LogP contribution in [0.5, 0.6) is 0 Å². The molecule has 0 aliphatic heterocycles. The van der Waals surface area contributed by atoms with Gasteiger partial charge in [-0.3, -0.25) is 0 Å². The number of hydrogen-bond donors (Lipinski definition) is 0. The van der Waals surface area contributed by atoms with Crippen molar-refractivity contribution in [2.24, 2.45) is 0 Å². The topological polar surface area (TPSA) is 9.72 Å². The van der Waals surface area contributed by atoms with Crippen LogP contribution < -0.4 is 14.7 Å². The van der Waals surface area contributed by atoms with E-state index in [-0.39, 0.29) is 0 Å². The fraction of sp³-hybridized carbons (Fsp3) is 0.0541. The van der Waals surface area contributed by atoms with Gasteiger partial charge in [0, 0.05) is 51.2 Å². The molecule has 12 aromatic carbocycles. The van der Waals surface area contributed by atoms with Gasteiger partial charge in [-0.1, -0.05) is 198 Å². The lowest BCUT2D eigenvalue weighted by Crippen LogP contribution is -2.11. The number of benzene rings is 12. The fourth-order valence-corrected chi connectivity index (χ4v) is 10.5. The van der Waals surface area contributed by atoms with Crippen LogP contribution in [0, 0.1) is 27.7 Å². The Balaban J connectivity index is 1.05. The van der Waals surface area contributed by atoms with Gasteiger partial charge in [-0.2, -0.15) is 0 Å². The van der Waals surface area contributed by atoms with Gasteiger partial charge >= 0.3 is 0 Å². The number of anilines is 9. The van der Waals surface area contributed by atoms with E-state index >= 15 is 0 Å². The lowest BCUT2D eigenvalue weighted by Gasteiger charge is -2.28. The minimum absolute atomic E-state index is 1.08. The highest BCUT2D eigenvalue weighted by atomic mass is 15.2. The summed E-state index contributed by atoms with van der Waals surface area (Å²) in [4.78, 5) is 7.16. The van der Waals surface area contributed by atoms with Crippen LogP contribution in [0.2, 0.25) is 0 Å². The highest BCUT2D eigenvalue weighted by Crippen LogP contribution is 2.46. The summed E-state index contributed by atoms with van der Waals surface area (Å²) in [6.45, 7) is 8.59. The first-order valence-corrected chi connectivity index (χ1v) is 26.5. The van der Waals surface area contributed by atoms with Crippen molar-refractivity contribution >= 4 is 108 Å². The molecule has 3 nitrogen and oxygen atoms in total. The summed E-state index contributed by atoms with van der Waals surface area (Å²) >= 11 is 0. The average molecular weight is 990 g/mol. The molecule has 0 atom stereocenters. The van der Waals surface area contributed by atoms with Gasteiger partial charge < -0.3 is 14.7 Å². The van der Waals surface area contributed by atoms with Gasteiger partial charge in [-0.05, 0) is 191 Å². The first kappa shape index (κ1) is 48.3. The maximum Gasteiger partial charge on any atom is 0.0468 e. The molecule has 370 valence electrons. The number of fused-ring (bicyclic) bond motifs is 6. The quantitative estimate of drug-likeness (QED) is 0.0842. The molecule has 0 saturated carbocycles. The molecule has 0 aliphatic carbocycles. The monoisotopic (exact) mass is 989 g/mol. The molecule has 0 amide bonds. The summed E-state index contributed by atoms with van der Waals surface area (Å²) in [5.74, 6) is 0. The molecule has 12 rings (SSSR count). The molecule has 0 spiro atoms. The highest BCUT2D eigenvalue weighted by Gasteiger charge is 2.21. The van der Waals surface area contributed by atoms with Crippen LogP contribution in [0.4, 0.5) is 51.2 Å². The van der Waals surface area contributed by atoms with Crippen molar-refractivity contribution in [1.29, 1.82) is 0 Å². The molecule has 0 saturated heterocycles. The number of rotatable bonds is 13. The maximum absolute atomic E-state index is 2.41. The Kier molecular flexibility index (Phi) is 13.3. The third kappa shape index (κ3) is 10.3. The summed E-state index contributed by atoms with van der Waals surface area (Å²) in [6, 6.07) is 95.4. The van der Waals surface area contributed by atoms with Crippen molar-refractivity contribution in [3.8, 4) is 0 Å². The number of nitrogens with zero attached hydrogens (tertiary/aromatic N) is 3. The predicted molar refractivity (Wildman–Crippen MR) is 333 cm³/mol. The Morgan fingerprint density at radius 3 is 0.649 bits per heavy atom. The Labute approximate surface area is 453 Å². The van der Waals surface area contributed by atoms with E-state index in [1.54, 1.807) is 0 Å². The second-order valence-electron chi connectivity index (χ2n) is 20.2. The van der Waals surface area contributed by atoms with Crippen LogP contribution in [0.15, 0.2) is 261 Å².